The summed E-state index contributed by atoms with van der Waals surface area (Å²) in [4.78, 5) is 6.80. The molecular formula is C40H27N5. The zero-order chi connectivity index (χ0) is 30.7. The van der Waals surface area contributed by atoms with Crippen LogP contribution in [0.1, 0.15) is 36.1 Å². The van der Waals surface area contributed by atoms with Crippen molar-refractivity contribution >= 4 is 38.9 Å². The highest BCUT2D eigenvalue weighted by Gasteiger charge is 2.36. The molecule has 5 aromatic carbocycles. The lowest BCUT2D eigenvalue weighted by Crippen LogP contribution is -2.30. The predicted molar refractivity (Wildman–Crippen MR) is 180 cm³/mol. The monoisotopic (exact) mass is 577 g/mol. The van der Waals surface area contributed by atoms with Crippen molar-refractivity contribution in [2.75, 3.05) is 4.90 Å². The van der Waals surface area contributed by atoms with Crippen LogP contribution in [0.15, 0.2) is 128 Å². The van der Waals surface area contributed by atoms with Crippen LogP contribution in [0.5, 0.6) is 0 Å². The SMILES string of the molecule is CC1(C)c2ccccc2N(c2cc(-c3ccc(C#N)c(C#N)c3)cc(-n3c4ccccc4c4cnccc43)c2)c2ccccc21. The highest BCUT2D eigenvalue weighted by atomic mass is 15.2. The number of hydrogen-bond donors (Lipinski definition) is 0. The molecule has 0 unspecified atom stereocenters. The van der Waals surface area contributed by atoms with Crippen LogP contribution in [0.2, 0.25) is 0 Å². The fourth-order valence-electron chi connectivity index (χ4n) is 6.98. The van der Waals surface area contributed by atoms with Crippen molar-refractivity contribution in [1.29, 1.82) is 10.5 Å². The summed E-state index contributed by atoms with van der Waals surface area (Å²) in [5.41, 5.74) is 11.3. The lowest BCUT2D eigenvalue weighted by atomic mass is 9.73. The fourth-order valence-corrected chi connectivity index (χ4v) is 6.98. The molecule has 1 aliphatic heterocycles. The molecule has 3 heterocycles. The molecule has 0 N–H and O–H groups in total. The molecule has 0 saturated carbocycles. The number of para-hydroxylation sites is 3. The number of rotatable bonds is 3. The fraction of sp³-hybridized carbons (Fsp3) is 0.0750. The molecule has 0 amide bonds. The molecule has 0 bridgehead atoms. The van der Waals surface area contributed by atoms with Gasteiger partial charge in [0.2, 0.25) is 0 Å². The Hall–Kier alpha value is -6.17. The molecule has 212 valence electrons. The van der Waals surface area contributed by atoms with E-state index in [-0.39, 0.29) is 5.41 Å². The van der Waals surface area contributed by atoms with Crippen LogP contribution in [-0.4, -0.2) is 9.55 Å². The van der Waals surface area contributed by atoms with E-state index in [4.69, 9.17) is 0 Å². The normalized spacial score (nSPS) is 13.2. The maximum atomic E-state index is 9.87. The average molecular weight is 578 g/mol. The van der Waals surface area contributed by atoms with Crippen molar-refractivity contribution in [3.8, 4) is 29.0 Å². The molecule has 0 saturated heterocycles. The number of benzene rings is 5. The third kappa shape index (κ3) is 3.95. The van der Waals surface area contributed by atoms with E-state index < -0.39 is 0 Å². The summed E-state index contributed by atoms with van der Waals surface area (Å²) in [5.74, 6) is 0. The van der Waals surface area contributed by atoms with E-state index in [1.807, 2.05) is 24.5 Å². The number of hydrogen-bond acceptors (Lipinski definition) is 4. The first-order chi connectivity index (χ1) is 22.0. The van der Waals surface area contributed by atoms with Crippen molar-refractivity contribution in [3.63, 3.8) is 0 Å². The Morgan fingerprint density at radius 1 is 0.600 bits per heavy atom. The van der Waals surface area contributed by atoms with E-state index >= 15 is 0 Å². The van der Waals surface area contributed by atoms with Gasteiger partial charge in [-0.2, -0.15) is 10.5 Å². The number of nitrogens with zero attached hydrogens (tertiary/aromatic N) is 5. The van der Waals surface area contributed by atoms with Crippen molar-refractivity contribution in [2.45, 2.75) is 19.3 Å². The maximum absolute atomic E-state index is 9.87. The van der Waals surface area contributed by atoms with Crippen LogP contribution >= 0.6 is 0 Å². The van der Waals surface area contributed by atoms with Gasteiger partial charge in [-0.1, -0.05) is 74.5 Å². The Bertz CT molecular complexity index is 2300. The van der Waals surface area contributed by atoms with E-state index in [1.54, 1.807) is 6.07 Å². The zero-order valence-electron chi connectivity index (χ0n) is 24.9. The second kappa shape index (κ2) is 9.95. The average Bonchev–Trinajstić information content (AvgIpc) is 3.42. The van der Waals surface area contributed by atoms with Crippen LogP contribution in [0.4, 0.5) is 17.1 Å². The molecule has 5 heteroatoms. The number of nitriles is 2. The van der Waals surface area contributed by atoms with Gasteiger partial charge in [-0.15, -0.1) is 0 Å². The van der Waals surface area contributed by atoms with E-state index in [2.05, 4.69) is 137 Å². The maximum Gasteiger partial charge on any atom is 0.101 e. The summed E-state index contributed by atoms with van der Waals surface area (Å²) < 4.78 is 2.29. The van der Waals surface area contributed by atoms with E-state index in [0.29, 0.717) is 11.1 Å². The lowest BCUT2D eigenvalue weighted by Gasteiger charge is -2.42. The van der Waals surface area contributed by atoms with Gasteiger partial charge < -0.3 is 9.47 Å². The van der Waals surface area contributed by atoms with Crippen molar-refractivity contribution in [1.82, 2.24) is 9.55 Å². The second-order valence-electron chi connectivity index (χ2n) is 12.0. The molecule has 7 aromatic rings. The third-order valence-electron chi connectivity index (χ3n) is 9.12. The lowest BCUT2D eigenvalue weighted by molar-refractivity contribution is 0.632. The van der Waals surface area contributed by atoms with Crippen molar-refractivity contribution in [3.05, 3.63) is 150 Å². The molecule has 2 aromatic heterocycles. The van der Waals surface area contributed by atoms with Crippen LogP contribution in [0, 0.1) is 22.7 Å². The van der Waals surface area contributed by atoms with Crippen LogP contribution in [-0.2, 0) is 5.41 Å². The van der Waals surface area contributed by atoms with Gasteiger partial charge in [0, 0.05) is 40.0 Å². The molecule has 0 aliphatic carbocycles. The van der Waals surface area contributed by atoms with Gasteiger partial charge in [-0.05, 0) is 76.9 Å². The van der Waals surface area contributed by atoms with Gasteiger partial charge in [-0.25, -0.2) is 0 Å². The second-order valence-corrected chi connectivity index (χ2v) is 12.0. The Morgan fingerprint density at radius 3 is 1.98 bits per heavy atom. The van der Waals surface area contributed by atoms with Crippen LogP contribution in [0.25, 0.3) is 38.6 Å². The first-order valence-electron chi connectivity index (χ1n) is 14.9. The van der Waals surface area contributed by atoms with Crippen LogP contribution in [0.3, 0.4) is 0 Å². The van der Waals surface area contributed by atoms with Crippen molar-refractivity contribution in [2.24, 2.45) is 0 Å². The van der Waals surface area contributed by atoms with Crippen LogP contribution < -0.4 is 4.90 Å². The number of pyridine rings is 1. The summed E-state index contributed by atoms with van der Waals surface area (Å²) >= 11 is 0. The molecule has 0 radical (unpaired) electrons. The smallest absolute Gasteiger partial charge is 0.101 e. The van der Waals surface area contributed by atoms with Gasteiger partial charge in [0.05, 0.1) is 33.5 Å². The standard InChI is InChI=1S/C40H27N5/c1-40(2)34-10-4-7-13-38(34)45(39-14-8-5-11-35(39)40)31-21-28(26-15-16-27(23-41)29(19-26)24-42)20-30(22-31)44-36-12-6-3-9-32(36)33-25-43-18-17-37(33)44/h3-22,25H,1-2H3. The quantitative estimate of drug-likeness (QED) is 0.210. The minimum atomic E-state index is -0.182. The Balaban J connectivity index is 1.47. The van der Waals surface area contributed by atoms with E-state index in [9.17, 15) is 10.5 Å². The first-order valence-corrected chi connectivity index (χ1v) is 14.9. The summed E-state index contributed by atoms with van der Waals surface area (Å²) in [7, 11) is 0. The van der Waals surface area contributed by atoms with Gasteiger partial charge >= 0.3 is 0 Å². The molecule has 0 spiro atoms. The number of anilines is 3. The summed E-state index contributed by atoms with van der Waals surface area (Å²) in [6.45, 7) is 4.58. The third-order valence-corrected chi connectivity index (χ3v) is 9.12. The van der Waals surface area contributed by atoms with Gasteiger partial charge in [0.25, 0.3) is 0 Å². The Labute approximate surface area is 261 Å². The van der Waals surface area contributed by atoms with Crippen molar-refractivity contribution < 1.29 is 0 Å². The largest absolute Gasteiger partial charge is 0.310 e. The molecule has 5 nitrogen and oxygen atoms in total. The first kappa shape index (κ1) is 26.5. The summed E-state index contributed by atoms with van der Waals surface area (Å²) in [5, 5.41) is 21.7. The summed E-state index contributed by atoms with van der Waals surface area (Å²) in [6, 6.07) is 44.2. The molecule has 8 rings (SSSR count). The predicted octanol–water partition coefficient (Wildman–Crippen LogP) is 9.70. The summed E-state index contributed by atoms with van der Waals surface area (Å²) in [6.07, 6.45) is 3.76. The highest BCUT2D eigenvalue weighted by Crippen LogP contribution is 2.52. The van der Waals surface area contributed by atoms with Gasteiger partial charge in [-0.3, -0.25) is 4.98 Å². The molecule has 0 atom stereocenters. The molecule has 0 fully saturated rings. The minimum absolute atomic E-state index is 0.182. The van der Waals surface area contributed by atoms with Gasteiger partial charge in [0.15, 0.2) is 0 Å². The van der Waals surface area contributed by atoms with Gasteiger partial charge in [0.1, 0.15) is 12.1 Å². The Morgan fingerprint density at radius 2 is 1.24 bits per heavy atom. The molecule has 1 aliphatic rings. The van der Waals surface area contributed by atoms with E-state index in [0.717, 1.165) is 55.7 Å². The molecular weight excluding hydrogens is 550 g/mol. The van der Waals surface area contributed by atoms with E-state index in [1.165, 1.54) is 11.1 Å². The molecule has 45 heavy (non-hydrogen) atoms. The minimum Gasteiger partial charge on any atom is -0.310 e. The zero-order valence-corrected chi connectivity index (χ0v) is 24.9. The Kier molecular flexibility index (Phi) is 5.85. The topological polar surface area (TPSA) is 68.6 Å². The highest BCUT2D eigenvalue weighted by molar-refractivity contribution is 6.09. The number of fused-ring (bicyclic) bond motifs is 5. The number of aromatic nitrogens is 2.